The minimum Gasteiger partial charge on any atom is -0.373 e. The summed E-state index contributed by atoms with van der Waals surface area (Å²) in [5.74, 6) is 0.625. The van der Waals surface area contributed by atoms with Gasteiger partial charge in [0, 0.05) is 31.7 Å². The van der Waals surface area contributed by atoms with E-state index >= 15 is 0 Å². The number of aromatic nitrogens is 2. The first kappa shape index (κ1) is 19.2. The fourth-order valence-electron chi connectivity index (χ4n) is 4.09. The summed E-state index contributed by atoms with van der Waals surface area (Å²) in [4.78, 5) is 14.6. The van der Waals surface area contributed by atoms with Gasteiger partial charge in [-0.3, -0.25) is 9.48 Å². The molecule has 28 heavy (non-hydrogen) atoms. The lowest BCUT2D eigenvalue weighted by Gasteiger charge is -2.32. The SMILES string of the molecule is O=C(Cn1ccc(C2CCCNC2)n1)N1CCC(OCc2ccccc2)CC1. The molecule has 2 aliphatic rings. The second kappa shape index (κ2) is 9.34. The third-order valence-electron chi connectivity index (χ3n) is 5.80. The predicted molar refractivity (Wildman–Crippen MR) is 108 cm³/mol. The van der Waals surface area contributed by atoms with Crippen LogP contribution >= 0.6 is 0 Å². The first-order valence-corrected chi connectivity index (χ1v) is 10.5. The van der Waals surface area contributed by atoms with Gasteiger partial charge in [0.1, 0.15) is 6.54 Å². The van der Waals surface area contributed by atoms with Gasteiger partial charge in [0.2, 0.25) is 5.91 Å². The van der Waals surface area contributed by atoms with Crippen LogP contribution < -0.4 is 5.32 Å². The Bertz CT molecular complexity index is 747. The smallest absolute Gasteiger partial charge is 0.244 e. The largest absolute Gasteiger partial charge is 0.373 e. The average molecular weight is 383 g/mol. The number of carbonyl (C=O) groups excluding carboxylic acids is 1. The molecule has 2 fully saturated rings. The molecule has 1 aromatic carbocycles. The number of piperidine rings is 2. The zero-order valence-electron chi connectivity index (χ0n) is 16.4. The fraction of sp³-hybridized carbons (Fsp3) is 0.545. The Labute approximate surface area is 166 Å². The van der Waals surface area contributed by atoms with Gasteiger partial charge in [0.15, 0.2) is 0 Å². The molecule has 1 amide bonds. The van der Waals surface area contributed by atoms with Gasteiger partial charge in [0.25, 0.3) is 0 Å². The van der Waals surface area contributed by atoms with Crippen molar-refractivity contribution in [2.75, 3.05) is 26.2 Å². The Morgan fingerprint density at radius 1 is 1.14 bits per heavy atom. The molecular weight excluding hydrogens is 352 g/mol. The molecule has 2 aliphatic heterocycles. The number of amides is 1. The van der Waals surface area contributed by atoms with Crippen LogP contribution in [0, 0.1) is 0 Å². The zero-order chi connectivity index (χ0) is 19.2. The summed E-state index contributed by atoms with van der Waals surface area (Å²) in [5, 5.41) is 8.07. The van der Waals surface area contributed by atoms with Gasteiger partial charge < -0.3 is 15.0 Å². The van der Waals surface area contributed by atoms with Gasteiger partial charge in [-0.15, -0.1) is 0 Å². The summed E-state index contributed by atoms with van der Waals surface area (Å²) in [6.45, 7) is 4.58. The van der Waals surface area contributed by atoms with Gasteiger partial charge in [-0.1, -0.05) is 30.3 Å². The highest BCUT2D eigenvalue weighted by molar-refractivity contribution is 5.76. The first-order valence-electron chi connectivity index (χ1n) is 10.5. The van der Waals surface area contributed by atoms with Crippen molar-refractivity contribution in [1.82, 2.24) is 20.0 Å². The number of ether oxygens (including phenoxy) is 1. The molecule has 1 atom stereocenters. The van der Waals surface area contributed by atoms with E-state index in [2.05, 4.69) is 28.6 Å². The van der Waals surface area contributed by atoms with Crippen LogP contribution in [0.15, 0.2) is 42.6 Å². The van der Waals surface area contributed by atoms with E-state index in [9.17, 15) is 4.79 Å². The lowest BCUT2D eigenvalue weighted by molar-refractivity contribution is -0.134. The highest BCUT2D eigenvalue weighted by Crippen LogP contribution is 2.21. The number of likely N-dealkylation sites (tertiary alicyclic amines) is 1. The molecule has 6 nitrogen and oxygen atoms in total. The Hall–Kier alpha value is -2.18. The molecule has 0 radical (unpaired) electrons. The number of carbonyl (C=O) groups is 1. The summed E-state index contributed by atoms with van der Waals surface area (Å²) >= 11 is 0. The quantitative estimate of drug-likeness (QED) is 0.834. The van der Waals surface area contributed by atoms with Crippen molar-refractivity contribution < 1.29 is 9.53 Å². The van der Waals surface area contributed by atoms with E-state index < -0.39 is 0 Å². The van der Waals surface area contributed by atoms with Crippen LogP contribution in [0.1, 0.15) is 42.9 Å². The number of nitrogens with zero attached hydrogens (tertiary/aromatic N) is 3. The Morgan fingerprint density at radius 3 is 2.71 bits per heavy atom. The van der Waals surface area contributed by atoms with Crippen molar-refractivity contribution in [3.05, 3.63) is 53.9 Å². The van der Waals surface area contributed by atoms with Crippen molar-refractivity contribution in [1.29, 1.82) is 0 Å². The topological polar surface area (TPSA) is 59.4 Å². The van der Waals surface area contributed by atoms with Crippen molar-refractivity contribution in [3.63, 3.8) is 0 Å². The fourth-order valence-corrected chi connectivity index (χ4v) is 4.09. The van der Waals surface area contributed by atoms with Crippen molar-refractivity contribution in [2.24, 2.45) is 0 Å². The lowest BCUT2D eigenvalue weighted by Crippen LogP contribution is -2.42. The van der Waals surface area contributed by atoms with Gasteiger partial charge in [0.05, 0.1) is 18.4 Å². The number of nitrogens with one attached hydrogen (secondary N) is 1. The third-order valence-corrected chi connectivity index (χ3v) is 5.80. The van der Waals surface area contributed by atoms with E-state index in [1.54, 1.807) is 4.68 Å². The van der Waals surface area contributed by atoms with E-state index in [0.717, 1.165) is 44.7 Å². The maximum Gasteiger partial charge on any atom is 0.244 e. The summed E-state index contributed by atoms with van der Waals surface area (Å²) in [6, 6.07) is 12.3. The number of hydrogen-bond acceptors (Lipinski definition) is 4. The van der Waals surface area contributed by atoms with E-state index in [4.69, 9.17) is 4.74 Å². The summed E-state index contributed by atoms with van der Waals surface area (Å²) in [7, 11) is 0. The molecule has 0 aliphatic carbocycles. The van der Waals surface area contributed by atoms with E-state index in [-0.39, 0.29) is 12.0 Å². The minimum absolute atomic E-state index is 0.151. The van der Waals surface area contributed by atoms with E-state index in [1.165, 1.54) is 18.4 Å². The predicted octanol–water partition coefficient (Wildman–Crippen LogP) is 2.56. The van der Waals surface area contributed by atoms with Gasteiger partial charge in [-0.05, 0) is 43.9 Å². The molecule has 150 valence electrons. The van der Waals surface area contributed by atoms with Crippen LogP contribution in [0.4, 0.5) is 0 Å². The average Bonchev–Trinajstić information content (AvgIpc) is 3.22. The maximum atomic E-state index is 12.7. The molecule has 2 aromatic rings. The monoisotopic (exact) mass is 382 g/mol. The molecule has 1 aromatic heterocycles. The van der Waals surface area contributed by atoms with Crippen LogP contribution in [0.3, 0.4) is 0 Å². The van der Waals surface area contributed by atoms with Crippen molar-refractivity contribution >= 4 is 5.91 Å². The first-order chi connectivity index (χ1) is 13.8. The molecule has 6 heteroatoms. The molecule has 1 N–H and O–H groups in total. The third kappa shape index (κ3) is 5.00. The molecule has 2 saturated heterocycles. The van der Waals surface area contributed by atoms with Gasteiger partial charge in [-0.25, -0.2) is 0 Å². The Kier molecular flexibility index (Phi) is 6.39. The second-order valence-electron chi connectivity index (χ2n) is 7.86. The summed E-state index contributed by atoms with van der Waals surface area (Å²) in [5.41, 5.74) is 2.30. The van der Waals surface area contributed by atoms with Crippen molar-refractivity contribution in [3.8, 4) is 0 Å². The molecule has 0 bridgehead atoms. The van der Waals surface area contributed by atoms with Crippen molar-refractivity contribution in [2.45, 2.75) is 50.9 Å². The van der Waals surface area contributed by atoms with Crippen LogP contribution in [-0.4, -0.2) is 52.9 Å². The number of benzene rings is 1. The van der Waals surface area contributed by atoms with Crippen LogP contribution in [0.25, 0.3) is 0 Å². The normalized spacial score (nSPS) is 21.0. The van der Waals surface area contributed by atoms with E-state index in [1.807, 2.05) is 29.3 Å². The van der Waals surface area contributed by atoms with Crippen LogP contribution in [-0.2, 0) is 22.7 Å². The molecule has 0 spiro atoms. The standard InChI is InChI=1S/C22H30N4O2/c27-22(16-26-14-10-21(24-26)19-7-4-11-23-15-19)25-12-8-20(9-13-25)28-17-18-5-2-1-3-6-18/h1-3,5-6,10,14,19-20,23H,4,7-9,11-13,15-17H2. The second-order valence-corrected chi connectivity index (χ2v) is 7.86. The number of rotatable bonds is 6. The lowest BCUT2D eigenvalue weighted by atomic mass is 9.97. The minimum atomic E-state index is 0.151. The number of hydrogen-bond donors (Lipinski definition) is 1. The summed E-state index contributed by atoms with van der Waals surface area (Å²) < 4.78 is 7.82. The zero-order valence-corrected chi connectivity index (χ0v) is 16.4. The van der Waals surface area contributed by atoms with E-state index in [0.29, 0.717) is 19.1 Å². The maximum absolute atomic E-state index is 12.7. The Morgan fingerprint density at radius 2 is 1.96 bits per heavy atom. The summed E-state index contributed by atoms with van der Waals surface area (Å²) in [6.07, 6.45) is 6.34. The highest BCUT2D eigenvalue weighted by atomic mass is 16.5. The Balaban J connectivity index is 1.21. The molecule has 0 saturated carbocycles. The van der Waals surface area contributed by atoms with Crippen LogP contribution in [0.2, 0.25) is 0 Å². The van der Waals surface area contributed by atoms with Gasteiger partial charge >= 0.3 is 0 Å². The highest BCUT2D eigenvalue weighted by Gasteiger charge is 2.24. The molecule has 4 rings (SSSR count). The molecular formula is C22H30N4O2. The van der Waals surface area contributed by atoms with Gasteiger partial charge in [-0.2, -0.15) is 5.10 Å². The van der Waals surface area contributed by atoms with Crippen LogP contribution in [0.5, 0.6) is 0 Å². The molecule has 3 heterocycles. The molecule has 1 unspecified atom stereocenters.